The lowest BCUT2D eigenvalue weighted by Gasteiger charge is -2.09. The van der Waals surface area contributed by atoms with Crippen molar-refractivity contribution in [3.8, 4) is 0 Å². The van der Waals surface area contributed by atoms with Crippen LogP contribution in [-0.4, -0.2) is 23.6 Å². The Bertz CT molecular complexity index is 533. The molecule has 0 spiro atoms. The highest BCUT2D eigenvalue weighted by molar-refractivity contribution is 7.18. The van der Waals surface area contributed by atoms with E-state index in [0.717, 1.165) is 29.0 Å². The van der Waals surface area contributed by atoms with Crippen LogP contribution in [0.3, 0.4) is 0 Å². The molecule has 0 saturated carbocycles. The van der Waals surface area contributed by atoms with Crippen molar-refractivity contribution in [2.45, 2.75) is 27.2 Å². The molecule has 18 heavy (non-hydrogen) atoms. The van der Waals surface area contributed by atoms with Crippen molar-refractivity contribution in [1.29, 1.82) is 0 Å². The monoisotopic (exact) mass is 264 g/mol. The molecule has 0 bridgehead atoms. The molecule has 98 valence electrons. The van der Waals surface area contributed by atoms with Crippen molar-refractivity contribution in [2.24, 2.45) is 5.92 Å². The maximum atomic E-state index is 4.50. The van der Waals surface area contributed by atoms with Gasteiger partial charge in [0.05, 0.1) is 5.39 Å². The molecule has 0 saturated heterocycles. The number of hydrogen-bond donors (Lipinski definition) is 2. The Morgan fingerprint density at radius 1 is 1.33 bits per heavy atom. The number of thiophene rings is 1. The van der Waals surface area contributed by atoms with E-state index in [1.54, 1.807) is 11.3 Å². The topological polar surface area (TPSA) is 49.8 Å². The van der Waals surface area contributed by atoms with Gasteiger partial charge in [-0.3, -0.25) is 0 Å². The van der Waals surface area contributed by atoms with E-state index in [2.05, 4.69) is 47.4 Å². The minimum absolute atomic E-state index is 0.677. The molecule has 0 fully saturated rings. The van der Waals surface area contributed by atoms with E-state index < -0.39 is 0 Å². The average molecular weight is 264 g/mol. The Hall–Kier alpha value is -1.36. The summed E-state index contributed by atoms with van der Waals surface area (Å²) in [5, 5.41) is 7.56. The molecule has 2 heterocycles. The Morgan fingerprint density at radius 3 is 2.78 bits per heavy atom. The fraction of sp³-hybridized carbons (Fsp3) is 0.538. The number of rotatable bonds is 5. The molecule has 5 heteroatoms. The van der Waals surface area contributed by atoms with Gasteiger partial charge in [0.2, 0.25) is 5.95 Å². The highest BCUT2D eigenvalue weighted by Crippen LogP contribution is 2.29. The van der Waals surface area contributed by atoms with E-state index in [1.807, 2.05) is 7.05 Å². The van der Waals surface area contributed by atoms with Crippen LogP contribution >= 0.6 is 11.3 Å². The molecule has 0 amide bonds. The Balaban J connectivity index is 2.28. The third-order valence-electron chi connectivity index (χ3n) is 2.75. The summed E-state index contributed by atoms with van der Waals surface area (Å²) < 4.78 is 0. The number of nitrogens with zero attached hydrogens (tertiary/aromatic N) is 2. The van der Waals surface area contributed by atoms with Crippen molar-refractivity contribution in [1.82, 2.24) is 9.97 Å². The molecule has 4 nitrogen and oxygen atoms in total. The molecule has 0 aliphatic heterocycles. The number of aryl methyl sites for hydroxylation is 1. The number of nitrogens with one attached hydrogen (secondary N) is 2. The molecule has 0 unspecified atom stereocenters. The van der Waals surface area contributed by atoms with Gasteiger partial charge in [0.1, 0.15) is 10.6 Å². The van der Waals surface area contributed by atoms with Gasteiger partial charge in [0.15, 0.2) is 0 Å². The summed E-state index contributed by atoms with van der Waals surface area (Å²) in [5.74, 6) is 2.31. The van der Waals surface area contributed by atoms with Gasteiger partial charge in [-0.25, -0.2) is 4.98 Å². The zero-order valence-corrected chi connectivity index (χ0v) is 12.2. The summed E-state index contributed by atoms with van der Waals surface area (Å²) in [7, 11) is 1.85. The van der Waals surface area contributed by atoms with Gasteiger partial charge in [-0.1, -0.05) is 13.8 Å². The number of fused-ring (bicyclic) bond motifs is 1. The van der Waals surface area contributed by atoms with E-state index in [0.29, 0.717) is 11.9 Å². The zero-order chi connectivity index (χ0) is 13.1. The summed E-state index contributed by atoms with van der Waals surface area (Å²) in [5.41, 5.74) is 0. The molecule has 2 rings (SSSR count). The molecular formula is C13H20N4S. The molecule has 2 aromatic heterocycles. The second-order valence-electron chi connectivity index (χ2n) is 4.83. The van der Waals surface area contributed by atoms with Crippen molar-refractivity contribution in [3.63, 3.8) is 0 Å². The van der Waals surface area contributed by atoms with Crippen LogP contribution in [0.25, 0.3) is 10.2 Å². The first-order chi connectivity index (χ1) is 8.60. The van der Waals surface area contributed by atoms with Crippen LogP contribution in [0.4, 0.5) is 11.8 Å². The minimum Gasteiger partial charge on any atom is -0.369 e. The third kappa shape index (κ3) is 2.90. The van der Waals surface area contributed by atoms with Crippen LogP contribution in [0.1, 0.15) is 25.1 Å². The van der Waals surface area contributed by atoms with Crippen molar-refractivity contribution >= 4 is 33.3 Å². The van der Waals surface area contributed by atoms with Crippen molar-refractivity contribution < 1.29 is 0 Å². The van der Waals surface area contributed by atoms with Crippen LogP contribution in [-0.2, 0) is 0 Å². The normalized spacial score (nSPS) is 11.2. The lowest BCUT2D eigenvalue weighted by molar-refractivity contribution is 0.607. The standard InChI is InChI=1S/C13H20N4S/c1-8(2)5-6-15-11-10-7-9(3)18-12(10)17-13(14-4)16-11/h7-8H,5-6H2,1-4H3,(H2,14,15,16,17). The molecule has 2 aromatic rings. The van der Waals surface area contributed by atoms with Crippen molar-refractivity contribution in [3.05, 3.63) is 10.9 Å². The van der Waals surface area contributed by atoms with Gasteiger partial charge in [-0.2, -0.15) is 4.98 Å². The Labute approximate surface area is 112 Å². The van der Waals surface area contributed by atoms with Crippen molar-refractivity contribution in [2.75, 3.05) is 24.2 Å². The van der Waals surface area contributed by atoms with Crippen LogP contribution in [0.5, 0.6) is 0 Å². The lowest BCUT2D eigenvalue weighted by Crippen LogP contribution is -2.08. The Morgan fingerprint density at radius 2 is 2.11 bits per heavy atom. The highest BCUT2D eigenvalue weighted by atomic mass is 32.1. The van der Waals surface area contributed by atoms with Gasteiger partial charge in [-0.15, -0.1) is 11.3 Å². The summed E-state index contributed by atoms with van der Waals surface area (Å²) in [6, 6.07) is 2.15. The fourth-order valence-electron chi connectivity index (χ4n) is 1.77. The smallest absolute Gasteiger partial charge is 0.225 e. The fourth-order valence-corrected chi connectivity index (χ4v) is 2.65. The molecule has 0 atom stereocenters. The zero-order valence-electron chi connectivity index (χ0n) is 11.4. The molecular weight excluding hydrogens is 244 g/mol. The van der Waals surface area contributed by atoms with Crippen LogP contribution in [0.2, 0.25) is 0 Å². The van der Waals surface area contributed by atoms with E-state index in [9.17, 15) is 0 Å². The summed E-state index contributed by atoms with van der Waals surface area (Å²) in [6.07, 6.45) is 1.14. The van der Waals surface area contributed by atoms with E-state index >= 15 is 0 Å². The number of aromatic nitrogens is 2. The van der Waals surface area contributed by atoms with Crippen LogP contribution in [0, 0.1) is 12.8 Å². The lowest BCUT2D eigenvalue weighted by atomic mass is 10.1. The van der Waals surface area contributed by atoms with Gasteiger partial charge < -0.3 is 10.6 Å². The maximum Gasteiger partial charge on any atom is 0.225 e. The maximum absolute atomic E-state index is 4.50. The van der Waals surface area contributed by atoms with Gasteiger partial charge in [0, 0.05) is 18.5 Å². The predicted octanol–water partition coefficient (Wildman–Crippen LogP) is 3.50. The summed E-state index contributed by atoms with van der Waals surface area (Å²) in [4.78, 5) is 11.3. The molecule has 0 aromatic carbocycles. The Kier molecular flexibility index (Phi) is 4.01. The number of anilines is 2. The first-order valence-electron chi connectivity index (χ1n) is 6.30. The van der Waals surface area contributed by atoms with Gasteiger partial charge in [-0.05, 0) is 25.3 Å². The molecule has 0 aliphatic carbocycles. The van der Waals surface area contributed by atoms with Crippen LogP contribution < -0.4 is 10.6 Å². The third-order valence-corrected chi connectivity index (χ3v) is 3.70. The first-order valence-corrected chi connectivity index (χ1v) is 7.11. The first kappa shape index (κ1) is 13.1. The second-order valence-corrected chi connectivity index (χ2v) is 6.07. The predicted molar refractivity (Wildman–Crippen MR) is 79.6 cm³/mol. The molecule has 2 N–H and O–H groups in total. The van der Waals surface area contributed by atoms with E-state index in [-0.39, 0.29) is 0 Å². The van der Waals surface area contributed by atoms with Crippen LogP contribution in [0.15, 0.2) is 6.07 Å². The minimum atomic E-state index is 0.677. The summed E-state index contributed by atoms with van der Waals surface area (Å²) in [6.45, 7) is 7.50. The largest absolute Gasteiger partial charge is 0.369 e. The average Bonchev–Trinajstić information content (AvgIpc) is 2.68. The highest BCUT2D eigenvalue weighted by Gasteiger charge is 2.09. The summed E-state index contributed by atoms with van der Waals surface area (Å²) >= 11 is 1.70. The number of hydrogen-bond acceptors (Lipinski definition) is 5. The van der Waals surface area contributed by atoms with E-state index in [4.69, 9.17) is 0 Å². The molecule has 0 aliphatic rings. The van der Waals surface area contributed by atoms with E-state index in [1.165, 1.54) is 4.88 Å². The quantitative estimate of drug-likeness (QED) is 0.868. The second kappa shape index (κ2) is 5.52. The van der Waals surface area contributed by atoms with Gasteiger partial charge in [0.25, 0.3) is 0 Å². The SMILES string of the molecule is CNc1nc(NCCC(C)C)c2cc(C)sc2n1. The van der Waals surface area contributed by atoms with Gasteiger partial charge >= 0.3 is 0 Å². The molecule has 0 radical (unpaired) electrons.